The van der Waals surface area contributed by atoms with Crippen LogP contribution in [-0.4, -0.2) is 7.11 Å². The van der Waals surface area contributed by atoms with Crippen molar-refractivity contribution < 1.29 is 9.13 Å². The third-order valence-electron chi connectivity index (χ3n) is 2.88. The van der Waals surface area contributed by atoms with Gasteiger partial charge >= 0.3 is 0 Å². The first kappa shape index (κ1) is 13.7. The van der Waals surface area contributed by atoms with Gasteiger partial charge in [-0.3, -0.25) is 0 Å². The van der Waals surface area contributed by atoms with Gasteiger partial charge in [0.2, 0.25) is 0 Å². The molecule has 0 spiro atoms. The molecule has 0 aromatic heterocycles. The highest BCUT2D eigenvalue weighted by molar-refractivity contribution is 6.30. The molecule has 19 heavy (non-hydrogen) atoms. The molecular weight excluding hydrogens is 265 g/mol. The first-order chi connectivity index (χ1) is 9.10. The monoisotopic (exact) mass is 279 g/mol. The van der Waals surface area contributed by atoms with Gasteiger partial charge in [-0.1, -0.05) is 23.7 Å². The molecule has 100 valence electrons. The van der Waals surface area contributed by atoms with E-state index in [-0.39, 0.29) is 17.6 Å². The number of ether oxygens (including phenoxy) is 1. The number of nitrogens with one attached hydrogen (secondary N) is 1. The summed E-state index contributed by atoms with van der Waals surface area (Å²) in [4.78, 5) is 0. The minimum atomic E-state index is -0.372. The number of halogens is 2. The SMILES string of the molecule is COc1cc(NC(C)c2cccc(Cl)c2)ccc1F. The van der Waals surface area contributed by atoms with Crippen molar-refractivity contribution in [3.8, 4) is 5.75 Å². The number of anilines is 1. The topological polar surface area (TPSA) is 21.3 Å². The average Bonchev–Trinajstić information content (AvgIpc) is 2.41. The van der Waals surface area contributed by atoms with Gasteiger partial charge in [0.1, 0.15) is 0 Å². The van der Waals surface area contributed by atoms with Gasteiger partial charge in [-0.15, -0.1) is 0 Å². The van der Waals surface area contributed by atoms with Crippen LogP contribution in [0.25, 0.3) is 0 Å². The zero-order valence-corrected chi connectivity index (χ0v) is 11.5. The maximum absolute atomic E-state index is 13.3. The predicted molar refractivity (Wildman–Crippen MR) is 76.4 cm³/mol. The van der Waals surface area contributed by atoms with Gasteiger partial charge in [-0.05, 0) is 36.8 Å². The highest BCUT2D eigenvalue weighted by atomic mass is 35.5. The summed E-state index contributed by atoms with van der Waals surface area (Å²) >= 11 is 5.96. The molecule has 0 aliphatic rings. The van der Waals surface area contributed by atoms with Crippen LogP contribution in [-0.2, 0) is 0 Å². The van der Waals surface area contributed by atoms with E-state index < -0.39 is 0 Å². The van der Waals surface area contributed by atoms with Crippen molar-refractivity contribution in [3.63, 3.8) is 0 Å². The van der Waals surface area contributed by atoms with Gasteiger partial charge in [0, 0.05) is 22.8 Å². The van der Waals surface area contributed by atoms with E-state index in [1.807, 2.05) is 31.2 Å². The van der Waals surface area contributed by atoms with E-state index in [0.29, 0.717) is 5.02 Å². The Bertz CT molecular complexity index is 574. The number of methoxy groups -OCH3 is 1. The summed E-state index contributed by atoms with van der Waals surface area (Å²) in [5.41, 5.74) is 1.86. The molecule has 0 heterocycles. The molecule has 4 heteroatoms. The van der Waals surface area contributed by atoms with E-state index in [4.69, 9.17) is 16.3 Å². The summed E-state index contributed by atoms with van der Waals surface area (Å²) in [6.07, 6.45) is 0. The Morgan fingerprint density at radius 1 is 1.21 bits per heavy atom. The second-order valence-corrected chi connectivity index (χ2v) is 4.71. The van der Waals surface area contributed by atoms with E-state index >= 15 is 0 Å². The normalized spacial score (nSPS) is 12.0. The summed E-state index contributed by atoms with van der Waals surface area (Å²) in [6.45, 7) is 2.02. The summed E-state index contributed by atoms with van der Waals surface area (Å²) < 4.78 is 18.3. The molecule has 2 nitrogen and oxygen atoms in total. The van der Waals surface area contributed by atoms with Crippen molar-refractivity contribution in [1.82, 2.24) is 0 Å². The fraction of sp³-hybridized carbons (Fsp3) is 0.200. The van der Waals surface area contributed by atoms with Crippen LogP contribution in [0.2, 0.25) is 5.02 Å². The van der Waals surface area contributed by atoms with Gasteiger partial charge in [-0.2, -0.15) is 0 Å². The molecule has 2 rings (SSSR count). The van der Waals surface area contributed by atoms with Crippen LogP contribution in [0.1, 0.15) is 18.5 Å². The second-order valence-electron chi connectivity index (χ2n) is 4.27. The number of hydrogen-bond donors (Lipinski definition) is 1. The molecule has 2 aromatic carbocycles. The Kier molecular flexibility index (Phi) is 4.27. The Morgan fingerprint density at radius 2 is 2.00 bits per heavy atom. The Balaban J connectivity index is 2.17. The first-order valence-electron chi connectivity index (χ1n) is 5.95. The minimum Gasteiger partial charge on any atom is -0.494 e. The van der Waals surface area contributed by atoms with E-state index in [1.165, 1.54) is 13.2 Å². The van der Waals surface area contributed by atoms with Crippen molar-refractivity contribution in [2.45, 2.75) is 13.0 Å². The van der Waals surface area contributed by atoms with Gasteiger partial charge in [0.25, 0.3) is 0 Å². The molecule has 0 fully saturated rings. The summed E-state index contributed by atoms with van der Waals surface area (Å²) in [6, 6.07) is 12.4. The largest absolute Gasteiger partial charge is 0.494 e. The number of benzene rings is 2. The summed E-state index contributed by atoms with van der Waals surface area (Å²) in [5.74, 6) is -0.147. The summed E-state index contributed by atoms with van der Waals surface area (Å²) in [5, 5.41) is 3.98. The third-order valence-corrected chi connectivity index (χ3v) is 3.12. The second kappa shape index (κ2) is 5.93. The zero-order chi connectivity index (χ0) is 13.8. The highest BCUT2D eigenvalue weighted by Gasteiger charge is 2.08. The van der Waals surface area contributed by atoms with E-state index in [2.05, 4.69) is 5.32 Å². The molecule has 1 unspecified atom stereocenters. The molecular formula is C15H15ClFNO. The molecule has 0 radical (unpaired) electrons. The average molecular weight is 280 g/mol. The van der Waals surface area contributed by atoms with Crippen LogP contribution in [0.15, 0.2) is 42.5 Å². The van der Waals surface area contributed by atoms with Crippen molar-refractivity contribution in [2.75, 3.05) is 12.4 Å². The smallest absolute Gasteiger partial charge is 0.165 e. The highest BCUT2D eigenvalue weighted by Crippen LogP contribution is 2.26. The molecule has 0 saturated heterocycles. The molecule has 1 atom stereocenters. The van der Waals surface area contributed by atoms with Crippen LogP contribution in [0, 0.1) is 5.82 Å². The summed E-state index contributed by atoms with van der Waals surface area (Å²) in [7, 11) is 1.45. The van der Waals surface area contributed by atoms with Gasteiger partial charge < -0.3 is 10.1 Å². The lowest BCUT2D eigenvalue weighted by atomic mass is 10.1. The van der Waals surface area contributed by atoms with E-state index in [0.717, 1.165) is 11.3 Å². The lowest BCUT2D eigenvalue weighted by molar-refractivity contribution is 0.387. The van der Waals surface area contributed by atoms with Crippen LogP contribution >= 0.6 is 11.6 Å². The van der Waals surface area contributed by atoms with Crippen molar-refractivity contribution in [2.24, 2.45) is 0 Å². The molecule has 0 amide bonds. The molecule has 0 aliphatic carbocycles. The standard InChI is InChI=1S/C15H15ClFNO/c1-10(11-4-3-5-12(16)8-11)18-13-6-7-14(17)15(9-13)19-2/h3-10,18H,1-2H3. The number of rotatable bonds is 4. The fourth-order valence-electron chi connectivity index (χ4n) is 1.86. The van der Waals surface area contributed by atoms with Crippen LogP contribution in [0.5, 0.6) is 5.75 Å². The van der Waals surface area contributed by atoms with Crippen molar-refractivity contribution >= 4 is 17.3 Å². The lowest BCUT2D eigenvalue weighted by Gasteiger charge is -2.16. The Hall–Kier alpha value is -1.74. The molecule has 2 aromatic rings. The molecule has 0 aliphatic heterocycles. The predicted octanol–water partition coefficient (Wildman–Crippen LogP) is 4.66. The quantitative estimate of drug-likeness (QED) is 0.879. The zero-order valence-electron chi connectivity index (χ0n) is 10.8. The van der Waals surface area contributed by atoms with Gasteiger partial charge in [-0.25, -0.2) is 4.39 Å². The lowest BCUT2D eigenvalue weighted by Crippen LogP contribution is -2.06. The minimum absolute atomic E-state index is 0.0638. The molecule has 0 bridgehead atoms. The van der Waals surface area contributed by atoms with Gasteiger partial charge in [0.05, 0.1) is 7.11 Å². The fourth-order valence-corrected chi connectivity index (χ4v) is 2.06. The van der Waals surface area contributed by atoms with Crippen LogP contribution in [0.4, 0.5) is 10.1 Å². The molecule has 1 N–H and O–H groups in total. The number of hydrogen-bond acceptors (Lipinski definition) is 2. The molecule has 0 saturated carbocycles. The van der Waals surface area contributed by atoms with E-state index in [1.54, 1.807) is 12.1 Å². The Labute approximate surface area is 117 Å². The van der Waals surface area contributed by atoms with Crippen LogP contribution < -0.4 is 10.1 Å². The van der Waals surface area contributed by atoms with Crippen molar-refractivity contribution in [3.05, 3.63) is 58.9 Å². The maximum atomic E-state index is 13.3. The van der Waals surface area contributed by atoms with E-state index in [9.17, 15) is 4.39 Å². The van der Waals surface area contributed by atoms with Gasteiger partial charge in [0.15, 0.2) is 11.6 Å². The van der Waals surface area contributed by atoms with Crippen LogP contribution in [0.3, 0.4) is 0 Å². The van der Waals surface area contributed by atoms with Crippen molar-refractivity contribution in [1.29, 1.82) is 0 Å². The maximum Gasteiger partial charge on any atom is 0.165 e. The first-order valence-corrected chi connectivity index (χ1v) is 6.33. The third kappa shape index (κ3) is 3.38. The Morgan fingerprint density at radius 3 is 2.68 bits per heavy atom.